The Morgan fingerprint density at radius 3 is 2.32 bits per heavy atom. The third-order valence-electron chi connectivity index (χ3n) is 6.55. The van der Waals surface area contributed by atoms with Crippen molar-refractivity contribution in [3.63, 3.8) is 0 Å². The summed E-state index contributed by atoms with van der Waals surface area (Å²) in [7, 11) is 0. The minimum atomic E-state index is -0.837. The van der Waals surface area contributed by atoms with Gasteiger partial charge in [-0.25, -0.2) is 4.79 Å². The summed E-state index contributed by atoms with van der Waals surface area (Å²) in [5, 5.41) is 3.71. The Morgan fingerprint density at radius 2 is 1.58 bits per heavy atom. The van der Waals surface area contributed by atoms with Crippen molar-refractivity contribution in [2.45, 2.75) is 44.1 Å². The average molecular weight is 415 g/mol. The maximum absolute atomic E-state index is 13.5. The molecule has 5 rings (SSSR count). The smallest absolute Gasteiger partial charge is 0.325 e. The Hall–Kier alpha value is -3.41. The molecule has 1 aromatic heterocycles. The third kappa shape index (κ3) is 3.32. The molecule has 31 heavy (non-hydrogen) atoms. The molecule has 1 spiro atoms. The van der Waals surface area contributed by atoms with Gasteiger partial charge in [0.2, 0.25) is 0 Å². The van der Waals surface area contributed by atoms with Crippen LogP contribution in [0.15, 0.2) is 54.6 Å². The SMILES string of the molecule is O=C(CN1C(=O)NC2(CCCCCC2)C1=O)c1c(-c2ccccc2)[nH]c2ccccc12. The van der Waals surface area contributed by atoms with Crippen molar-refractivity contribution >= 4 is 28.6 Å². The molecule has 0 radical (unpaired) electrons. The second kappa shape index (κ2) is 7.69. The maximum atomic E-state index is 13.5. The molecule has 3 aromatic rings. The molecule has 2 aromatic carbocycles. The molecule has 1 aliphatic heterocycles. The molecule has 0 atom stereocenters. The number of imide groups is 1. The number of ketones is 1. The van der Waals surface area contributed by atoms with Gasteiger partial charge in [-0.3, -0.25) is 14.5 Å². The van der Waals surface area contributed by atoms with Crippen LogP contribution in [0.5, 0.6) is 0 Å². The highest BCUT2D eigenvalue weighted by atomic mass is 16.2. The molecule has 2 aliphatic rings. The van der Waals surface area contributed by atoms with Gasteiger partial charge >= 0.3 is 6.03 Å². The molecule has 6 nitrogen and oxygen atoms in total. The van der Waals surface area contributed by atoms with Gasteiger partial charge in [0, 0.05) is 10.9 Å². The number of carbonyl (C=O) groups is 3. The molecular formula is C25H25N3O3. The number of Topliss-reactive ketones (excluding diaryl/α,β-unsaturated/α-hetero) is 1. The van der Waals surface area contributed by atoms with Gasteiger partial charge in [0.05, 0.1) is 17.8 Å². The van der Waals surface area contributed by atoms with Crippen molar-refractivity contribution in [3.8, 4) is 11.3 Å². The molecule has 1 saturated heterocycles. The fourth-order valence-corrected chi connectivity index (χ4v) is 4.97. The summed E-state index contributed by atoms with van der Waals surface area (Å²) in [5.41, 5.74) is 2.13. The van der Waals surface area contributed by atoms with E-state index in [1.54, 1.807) is 0 Å². The summed E-state index contributed by atoms with van der Waals surface area (Å²) in [6.07, 6.45) is 5.25. The number of hydrogen-bond donors (Lipinski definition) is 2. The van der Waals surface area contributed by atoms with Crippen LogP contribution in [-0.2, 0) is 4.79 Å². The molecule has 0 bridgehead atoms. The highest BCUT2D eigenvalue weighted by Crippen LogP contribution is 2.34. The second-order valence-corrected chi connectivity index (χ2v) is 8.53. The zero-order valence-corrected chi connectivity index (χ0v) is 17.3. The number of nitrogens with zero attached hydrogens (tertiary/aromatic N) is 1. The number of para-hydroxylation sites is 1. The van der Waals surface area contributed by atoms with Crippen LogP contribution in [0.25, 0.3) is 22.2 Å². The highest BCUT2D eigenvalue weighted by Gasteiger charge is 2.51. The molecule has 1 aliphatic carbocycles. The quantitative estimate of drug-likeness (QED) is 0.480. The third-order valence-corrected chi connectivity index (χ3v) is 6.55. The number of aromatic amines is 1. The van der Waals surface area contributed by atoms with E-state index in [4.69, 9.17) is 0 Å². The van der Waals surface area contributed by atoms with Crippen molar-refractivity contribution in [2.24, 2.45) is 0 Å². The van der Waals surface area contributed by atoms with Crippen molar-refractivity contribution in [1.82, 2.24) is 15.2 Å². The lowest BCUT2D eigenvalue weighted by Crippen LogP contribution is -2.46. The summed E-state index contributed by atoms with van der Waals surface area (Å²) in [5.74, 6) is -0.501. The van der Waals surface area contributed by atoms with E-state index in [0.717, 1.165) is 47.0 Å². The summed E-state index contributed by atoms with van der Waals surface area (Å²) >= 11 is 0. The van der Waals surface area contributed by atoms with Crippen molar-refractivity contribution in [2.75, 3.05) is 6.54 Å². The van der Waals surface area contributed by atoms with Crippen LogP contribution >= 0.6 is 0 Å². The number of amides is 3. The summed E-state index contributed by atoms with van der Waals surface area (Å²) < 4.78 is 0. The van der Waals surface area contributed by atoms with Crippen LogP contribution in [0.2, 0.25) is 0 Å². The largest absolute Gasteiger partial charge is 0.354 e. The first-order chi connectivity index (χ1) is 15.1. The Bertz CT molecular complexity index is 1160. The zero-order chi connectivity index (χ0) is 21.4. The van der Waals surface area contributed by atoms with Crippen molar-refractivity contribution in [3.05, 3.63) is 60.2 Å². The Labute approximate surface area is 180 Å². The van der Waals surface area contributed by atoms with Crippen LogP contribution in [0.4, 0.5) is 4.79 Å². The van der Waals surface area contributed by atoms with Crippen LogP contribution in [0, 0.1) is 0 Å². The van der Waals surface area contributed by atoms with Crippen LogP contribution in [0.1, 0.15) is 48.9 Å². The van der Waals surface area contributed by atoms with Gasteiger partial charge in [0.15, 0.2) is 5.78 Å². The number of urea groups is 1. The van der Waals surface area contributed by atoms with E-state index in [1.807, 2.05) is 54.6 Å². The number of carbonyl (C=O) groups excluding carboxylic acids is 3. The van der Waals surface area contributed by atoms with Crippen LogP contribution in [0.3, 0.4) is 0 Å². The molecule has 2 heterocycles. The number of fused-ring (bicyclic) bond motifs is 1. The summed E-state index contributed by atoms with van der Waals surface area (Å²) in [6.45, 7) is -0.256. The van der Waals surface area contributed by atoms with Gasteiger partial charge in [-0.2, -0.15) is 0 Å². The van der Waals surface area contributed by atoms with Gasteiger partial charge in [-0.05, 0) is 24.5 Å². The first-order valence-electron chi connectivity index (χ1n) is 10.9. The minimum Gasteiger partial charge on any atom is -0.354 e. The Morgan fingerprint density at radius 1 is 0.903 bits per heavy atom. The van der Waals surface area contributed by atoms with Gasteiger partial charge in [-0.15, -0.1) is 0 Å². The maximum Gasteiger partial charge on any atom is 0.325 e. The lowest BCUT2D eigenvalue weighted by Gasteiger charge is -2.24. The van der Waals surface area contributed by atoms with Gasteiger partial charge in [0.25, 0.3) is 5.91 Å². The molecule has 1 saturated carbocycles. The fraction of sp³-hybridized carbons (Fsp3) is 0.320. The topological polar surface area (TPSA) is 82.3 Å². The van der Waals surface area contributed by atoms with E-state index in [2.05, 4.69) is 10.3 Å². The van der Waals surface area contributed by atoms with Gasteiger partial charge in [0.1, 0.15) is 5.54 Å². The van der Waals surface area contributed by atoms with E-state index in [9.17, 15) is 14.4 Å². The molecule has 0 unspecified atom stereocenters. The van der Waals surface area contributed by atoms with E-state index >= 15 is 0 Å². The lowest BCUT2D eigenvalue weighted by molar-refractivity contribution is -0.131. The van der Waals surface area contributed by atoms with Gasteiger partial charge in [-0.1, -0.05) is 74.2 Å². The fourth-order valence-electron chi connectivity index (χ4n) is 4.97. The average Bonchev–Trinajstić information content (AvgIpc) is 3.16. The number of nitrogens with one attached hydrogen (secondary N) is 2. The molecular weight excluding hydrogens is 390 g/mol. The number of H-pyrrole nitrogens is 1. The lowest BCUT2D eigenvalue weighted by atomic mass is 9.90. The predicted molar refractivity (Wildman–Crippen MR) is 119 cm³/mol. The van der Waals surface area contributed by atoms with Crippen LogP contribution < -0.4 is 5.32 Å². The number of rotatable bonds is 4. The molecule has 6 heteroatoms. The minimum absolute atomic E-state index is 0.245. The van der Waals surface area contributed by atoms with Crippen molar-refractivity contribution in [1.29, 1.82) is 0 Å². The first kappa shape index (κ1) is 19.5. The van der Waals surface area contributed by atoms with Gasteiger partial charge < -0.3 is 10.3 Å². The standard InChI is InChI=1S/C25H25N3O3/c29-20(16-28-23(30)25(27-24(28)31)14-8-1-2-9-15-25)21-18-12-6-7-13-19(18)26-22(21)17-10-4-3-5-11-17/h3-7,10-13,26H,1-2,8-9,14-16H2,(H,27,31). The highest BCUT2D eigenvalue weighted by molar-refractivity contribution is 6.17. The molecule has 3 amide bonds. The Balaban J connectivity index is 1.50. The monoisotopic (exact) mass is 415 g/mol. The zero-order valence-electron chi connectivity index (χ0n) is 17.3. The number of hydrogen-bond acceptors (Lipinski definition) is 3. The second-order valence-electron chi connectivity index (χ2n) is 8.53. The predicted octanol–water partition coefficient (Wildman–Crippen LogP) is 4.66. The Kier molecular flexibility index (Phi) is 4.85. The number of benzene rings is 2. The molecule has 158 valence electrons. The normalized spacial score (nSPS) is 18.4. The molecule has 2 N–H and O–H groups in total. The molecule has 2 fully saturated rings. The van der Waals surface area contributed by atoms with E-state index in [-0.39, 0.29) is 18.2 Å². The summed E-state index contributed by atoms with van der Waals surface area (Å²) in [4.78, 5) is 44.0. The van der Waals surface area contributed by atoms with E-state index < -0.39 is 11.6 Å². The van der Waals surface area contributed by atoms with Crippen molar-refractivity contribution < 1.29 is 14.4 Å². The first-order valence-corrected chi connectivity index (χ1v) is 10.9. The van der Waals surface area contributed by atoms with E-state index in [0.29, 0.717) is 24.1 Å². The van der Waals surface area contributed by atoms with E-state index in [1.165, 1.54) is 0 Å². The summed E-state index contributed by atoms with van der Waals surface area (Å²) in [6, 6.07) is 16.8. The number of aromatic nitrogens is 1. The van der Waals surface area contributed by atoms with Crippen LogP contribution in [-0.4, -0.2) is 39.7 Å².